The van der Waals surface area contributed by atoms with Gasteiger partial charge in [0.2, 0.25) is 5.95 Å². The molecular formula is C57H31N5O. The van der Waals surface area contributed by atoms with Gasteiger partial charge in [-0.1, -0.05) is 133 Å². The van der Waals surface area contributed by atoms with Crippen LogP contribution in [0.3, 0.4) is 0 Å². The molecule has 0 fully saturated rings. The topological polar surface area (TPSA) is 61.7 Å². The first-order valence-electron chi connectivity index (χ1n) is 21.4. The van der Waals surface area contributed by atoms with Crippen molar-refractivity contribution in [3.8, 4) is 45.5 Å². The van der Waals surface area contributed by atoms with Gasteiger partial charge in [0.05, 0.1) is 22.1 Å². The molecule has 6 heteroatoms. The SMILES string of the molecule is c1ccc(-n2c3ccccc3c3c(-c4nc(-c5c6ccccc6cc6ccccc56)nc(-n5c6cccc7c6c6c8c(ccc9oc%10cccc-7c%10c98)ccc65)n4)cccc32)cc1. The van der Waals surface area contributed by atoms with E-state index in [4.69, 9.17) is 19.4 Å². The van der Waals surface area contributed by atoms with Crippen molar-refractivity contribution >= 4 is 97.9 Å². The molecule has 0 radical (unpaired) electrons. The standard InChI is InChI=1S/C57H31N5O/c1-2-15-35(16-3-1)61-42-23-9-8-19-40(42)49-41(22-11-24-43(49)61)55-58-56(50-36-17-6-4-13-33(36)31-34-14-5-7-18-37(34)50)60-57(59-55)62-44-25-10-20-38-39-21-12-26-46-52(39)54-47(63-46)30-28-32-27-29-45(62)53(48(32)54)51(38)44/h1-31H. The first-order valence-corrected chi connectivity index (χ1v) is 21.4. The lowest BCUT2D eigenvalue weighted by molar-refractivity contribution is 0.669. The van der Waals surface area contributed by atoms with Gasteiger partial charge in [0, 0.05) is 54.5 Å². The fraction of sp³-hybridized carbons (Fsp3) is 0. The van der Waals surface area contributed by atoms with Crippen molar-refractivity contribution in [3.63, 3.8) is 0 Å². The Balaban J connectivity index is 1.12. The highest BCUT2D eigenvalue weighted by atomic mass is 16.3. The average Bonchev–Trinajstić information content (AvgIpc) is 3.98. The molecule has 0 unspecified atom stereocenters. The van der Waals surface area contributed by atoms with E-state index in [0.717, 1.165) is 93.1 Å². The van der Waals surface area contributed by atoms with Crippen molar-refractivity contribution in [2.45, 2.75) is 0 Å². The molecule has 4 heterocycles. The van der Waals surface area contributed by atoms with Crippen LogP contribution in [0.1, 0.15) is 0 Å². The summed E-state index contributed by atoms with van der Waals surface area (Å²) in [7, 11) is 0. The zero-order valence-electron chi connectivity index (χ0n) is 33.5. The summed E-state index contributed by atoms with van der Waals surface area (Å²) < 4.78 is 11.2. The maximum absolute atomic E-state index is 6.56. The van der Waals surface area contributed by atoms with Crippen molar-refractivity contribution in [1.82, 2.24) is 24.1 Å². The van der Waals surface area contributed by atoms with Gasteiger partial charge in [-0.05, 0) is 92.7 Å². The third-order valence-corrected chi connectivity index (χ3v) is 13.5. The molecule has 63 heavy (non-hydrogen) atoms. The van der Waals surface area contributed by atoms with Crippen LogP contribution in [-0.4, -0.2) is 24.1 Å². The van der Waals surface area contributed by atoms with Crippen molar-refractivity contribution in [2.24, 2.45) is 0 Å². The van der Waals surface area contributed by atoms with Crippen molar-refractivity contribution in [1.29, 1.82) is 0 Å². The molecular weight excluding hydrogens is 771 g/mol. The molecule has 0 amide bonds. The van der Waals surface area contributed by atoms with Crippen LogP contribution < -0.4 is 0 Å². The molecule has 0 saturated heterocycles. The van der Waals surface area contributed by atoms with Crippen LogP contribution in [-0.2, 0) is 0 Å². The molecule has 290 valence electrons. The van der Waals surface area contributed by atoms with E-state index in [-0.39, 0.29) is 0 Å². The zero-order valence-corrected chi connectivity index (χ0v) is 33.5. The lowest BCUT2D eigenvalue weighted by Gasteiger charge is -2.15. The van der Waals surface area contributed by atoms with E-state index in [0.29, 0.717) is 17.6 Å². The Labute approximate surface area is 358 Å². The zero-order chi connectivity index (χ0) is 40.9. The van der Waals surface area contributed by atoms with E-state index in [2.05, 4.69) is 197 Å². The lowest BCUT2D eigenvalue weighted by atomic mass is 9.96. The maximum atomic E-state index is 6.56. The van der Waals surface area contributed by atoms with Crippen LogP contribution >= 0.6 is 0 Å². The van der Waals surface area contributed by atoms with Crippen molar-refractivity contribution < 1.29 is 4.42 Å². The lowest BCUT2D eigenvalue weighted by Crippen LogP contribution is -2.07. The Kier molecular flexibility index (Phi) is 6.33. The molecule has 1 aliphatic rings. The van der Waals surface area contributed by atoms with E-state index >= 15 is 0 Å². The molecule has 1 aliphatic carbocycles. The maximum Gasteiger partial charge on any atom is 0.238 e. The normalized spacial score (nSPS) is 12.4. The summed E-state index contributed by atoms with van der Waals surface area (Å²) in [5.74, 6) is 1.79. The number of nitrogens with zero attached hydrogens (tertiary/aromatic N) is 5. The van der Waals surface area contributed by atoms with Gasteiger partial charge < -0.3 is 8.98 Å². The Hall–Kier alpha value is -8.61. The van der Waals surface area contributed by atoms with E-state index in [1.165, 1.54) is 32.7 Å². The monoisotopic (exact) mass is 801 g/mol. The van der Waals surface area contributed by atoms with Gasteiger partial charge in [-0.3, -0.25) is 4.57 Å². The highest BCUT2D eigenvalue weighted by Crippen LogP contribution is 2.51. The largest absolute Gasteiger partial charge is 0.456 e. The molecule has 0 atom stereocenters. The molecule has 0 bridgehead atoms. The summed E-state index contributed by atoms with van der Waals surface area (Å²) in [5, 5.41) is 13.7. The fourth-order valence-corrected chi connectivity index (χ4v) is 10.9. The smallest absolute Gasteiger partial charge is 0.238 e. The highest BCUT2D eigenvalue weighted by Gasteiger charge is 2.28. The first-order chi connectivity index (χ1) is 31.3. The molecule has 4 aromatic heterocycles. The van der Waals surface area contributed by atoms with Gasteiger partial charge in [-0.15, -0.1) is 0 Å². The molecule has 10 aromatic carbocycles. The van der Waals surface area contributed by atoms with Crippen molar-refractivity contribution in [3.05, 3.63) is 188 Å². The number of para-hydroxylation sites is 2. The predicted molar refractivity (Wildman–Crippen MR) is 258 cm³/mol. The summed E-state index contributed by atoms with van der Waals surface area (Å²) in [6.45, 7) is 0. The molecule has 0 aliphatic heterocycles. The molecule has 0 spiro atoms. The molecule has 15 rings (SSSR count). The van der Waals surface area contributed by atoms with Gasteiger partial charge in [-0.2, -0.15) is 9.97 Å². The Morgan fingerprint density at radius 2 is 0.937 bits per heavy atom. The van der Waals surface area contributed by atoms with E-state index in [9.17, 15) is 0 Å². The molecule has 0 saturated carbocycles. The van der Waals surface area contributed by atoms with E-state index < -0.39 is 0 Å². The Bertz CT molecular complexity index is 4270. The number of fused-ring (bicyclic) bond motifs is 6. The minimum Gasteiger partial charge on any atom is -0.456 e. The van der Waals surface area contributed by atoms with Gasteiger partial charge >= 0.3 is 0 Å². The average molecular weight is 802 g/mol. The second kappa shape index (κ2) is 12.0. The third-order valence-electron chi connectivity index (χ3n) is 13.5. The van der Waals surface area contributed by atoms with Crippen LogP contribution in [0.2, 0.25) is 0 Å². The summed E-state index contributed by atoms with van der Waals surface area (Å²) in [4.78, 5) is 16.8. The first kappa shape index (κ1) is 33.1. The minimum atomic E-state index is 0.561. The predicted octanol–water partition coefficient (Wildman–Crippen LogP) is 14.7. The second-order valence-electron chi connectivity index (χ2n) is 16.7. The summed E-state index contributed by atoms with van der Waals surface area (Å²) in [6.07, 6.45) is 0. The Morgan fingerprint density at radius 1 is 0.333 bits per heavy atom. The van der Waals surface area contributed by atoms with Crippen LogP contribution in [0.15, 0.2) is 192 Å². The van der Waals surface area contributed by atoms with E-state index in [1.54, 1.807) is 0 Å². The molecule has 14 aromatic rings. The quantitative estimate of drug-likeness (QED) is 0.166. The number of hydrogen-bond donors (Lipinski definition) is 0. The van der Waals surface area contributed by atoms with Gasteiger partial charge in [0.1, 0.15) is 11.2 Å². The Morgan fingerprint density at radius 3 is 1.75 bits per heavy atom. The number of hydrogen-bond acceptors (Lipinski definition) is 4. The minimum absolute atomic E-state index is 0.561. The third kappa shape index (κ3) is 4.33. The van der Waals surface area contributed by atoms with Gasteiger partial charge in [0.25, 0.3) is 0 Å². The van der Waals surface area contributed by atoms with E-state index in [1.807, 2.05) is 0 Å². The van der Waals surface area contributed by atoms with Crippen molar-refractivity contribution in [2.75, 3.05) is 0 Å². The van der Waals surface area contributed by atoms with Gasteiger partial charge in [-0.25, -0.2) is 4.98 Å². The number of rotatable bonds is 4. The van der Waals surface area contributed by atoms with Gasteiger partial charge in [0.15, 0.2) is 11.6 Å². The number of aromatic nitrogens is 5. The summed E-state index contributed by atoms with van der Waals surface area (Å²) in [6, 6.07) is 67.0. The number of furan rings is 1. The van der Waals surface area contributed by atoms with Crippen LogP contribution in [0.4, 0.5) is 0 Å². The highest BCUT2D eigenvalue weighted by molar-refractivity contribution is 6.37. The summed E-state index contributed by atoms with van der Waals surface area (Å²) in [5.41, 5.74) is 11.4. The fourth-order valence-electron chi connectivity index (χ4n) is 10.9. The second-order valence-corrected chi connectivity index (χ2v) is 16.7. The van der Waals surface area contributed by atoms with Crippen LogP contribution in [0.5, 0.6) is 0 Å². The van der Waals surface area contributed by atoms with Crippen LogP contribution in [0.25, 0.3) is 143 Å². The number of benzene rings is 10. The molecule has 0 N–H and O–H groups in total. The van der Waals surface area contributed by atoms with Crippen LogP contribution in [0, 0.1) is 0 Å². The molecule has 6 nitrogen and oxygen atoms in total. The summed E-state index contributed by atoms with van der Waals surface area (Å²) >= 11 is 0.